The molecule has 0 spiro atoms. The Hall–Kier alpha value is -2.92. The minimum Gasteiger partial charge on any atom is -0.462 e. The second kappa shape index (κ2) is 54.4. The van der Waals surface area contributed by atoms with Gasteiger partial charge in [-0.25, -0.2) is 0 Å². The Morgan fingerprint density at radius 2 is 0.703 bits per heavy atom. The van der Waals surface area contributed by atoms with Gasteiger partial charge in [-0.05, 0) is 116 Å². The van der Waals surface area contributed by atoms with E-state index in [0.29, 0.717) is 19.4 Å². The van der Waals surface area contributed by atoms with E-state index in [0.717, 1.165) is 103 Å². The van der Waals surface area contributed by atoms with E-state index >= 15 is 0 Å². The molecule has 1 atom stereocenters. The minimum atomic E-state index is -0.562. The number of ether oxygens (including phenoxy) is 3. The highest BCUT2D eigenvalue weighted by Crippen LogP contribution is 2.14. The van der Waals surface area contributed by atoms with Crippen molar-refractivity contribution >= 4 is 11.9 Å². The number of carbonyl (C=O) groups is 2. The van der Waals surface area contributed by atoms with E-state index < -0.39 is 6.10 Å². The lowest BCUT2D eigenvalue weighted by Crippen LogP contribution is -2.30. The summed E-state index contributed by atoms with van der Waals surface area (Å²) in [5, 5.41) is 0. The summed E-state index contributed by atoms with van der Waals surface area (Å²) in [6, 6.07) is 0. The summed E-state index contributed by atoms with van der Waals surface area (Å²) in [5.41, 5.74) is 0. The van der Waals surface area contributed by atoms with Crippen molar-refractivity contribution in [1.29, 1.82) is 0 Å². The van der Waals surface area contributed by atoms with Crippen molar-refractivity contribution in [2.24, 2.45) is 0 Å². The summed E-state index contributed by atoms with van der Waals surface area (Å²) in [5.74, 6) is -0.429. The molecular formula is C59H102O5. The summed E-state index contributed by atoms with van der Waals surface area (Å²) in [7, 11) is 0. The third-order valence-electron chi connectivity index (χ3n) is 11.4. The number of carbonyl (C=O) groups excluding carboxylic acids is 2. The predicted molar refractivity (Wildman–Crippen MR) is 279 cm³/mol. The van der Waals surface area contributed by atoms with Gasteiger partial charge in [-0.1, -0.05) is 209 Å². The molecule has 5 nitrogen and oxygen atoms in total. The molecule has 0 radical (unpaired) electrons. The van der Waals surface area contributed by atoms with Crippen molar-refractivity contribution < 1.29 is 23.8 Å². The molecule has 0 rings (SSSR count). The summed E-state index contributed by atoms with van der Waals surface area (Å²) >= 11 is 0. The molecule has 0 N–H and O–H groups in total. The highest BCUT2D eigenvalue weighted by atomic mass is 16.6. The Bertz CT molecular complexity index is 1190. The highest BCUT2D eigenvalue weighted by molar-refractivity contribution is 5.70. The van der Waals surface area contributed by atoms with Gasteiger partial charge in [-0.3, -0.25) is 9.59 Å². The molecule has 1 unspecified atom stereocenters. The van der Waals surface area contributed by atoms with Crippen molar-refractivity contribution in [2.75, 3.05) is 19.8 Å². The fraction of sp³-hybridized carbons (Fsp3) is 0.729. The standard InChI is InChI=1S/C59H102O5/c1-4-7-10-13-16-19-22-25-27-29-30-31-32-35-37-40-43-46-49-52-58(60)63-56-57(64-59(61)53-50-47-44-41-38-34-24-21-18-15-12-9-6-3)55-62-54-51-48-45-42-39-36-33-28-26-23-20-17-14-11-8-5-2/h8,11,16-17,19-21,24-28,36,39,57H,4-7,9-10,12-15,18,22-23,29-35,37-38,40-56H2,1-3H3/b11-8-,19-16-,20-17-,24-21-,27-25-,28-26-,39-36-. The molecule has 0 bridgehead atoms. The van der Waals surface area contributed by atoms with Crippen LogP contribution in [-0.4, -0.2) is 37.9 Å². The minimum absolute atomic E-state index is 0.0640. The van der Waals surface area contributed by atoms with E-state index in [1.165, 1.54) is 116 Å². The lowest BCUT2D eigenvalue weighted by atomic mass is 10.1. The molecular weight excluding hydrogens is 789 g/mol. The maximum absolute atomic E-state index is 12.8. The third-order valence-corrected chi connectivity index (χ3v) is 11.4. The molecule has 64 heavy (non-hydrogen) atoms. The van der Waals surface area contributed by atoms with Crippen molar-refractivity contribution in [3.8, 4) is 0 Å². The average Bonchev–Trinajstić information content (AvgIpc) is 3.30. The summed E-state index contributed by atoms with van der Waals surface area (Å²) in [6.07, 6.45) is 71.7. The maximum atomic E-state index is 12.8. The molecule has 0 aromatic carbocycles. The van der Waals surface area contributed by atoms with E-state index in [9.17, 15) is 9.59 Å². The number of allylic oxidation sites excluding steroid dienone is 14. The van der Waals surface area contributed by atoms with Crippen molar-refractivity contribution in [3.63, 3.8) is 0 Å². The molecule has 0 aliphatic heterocycles. The molecule has 0 aliphatic rings. The van der Waals surface area contributed by atoms with Gasteiger partial charge in [-0.2, -0.15) is 0 Å². The second-order valence-corrected chi connectivity index (χ2v) is 17.7. The topological polar surface area (TPSA) is 61.8 Å². The van der Waals surface area contributed by atoms with E-state index in [4.69, 9.17) is 14.2 Å². The maximum Gasteiger partial charge on any atom is 0.306 e. The van der Waals surface area contributed by atoms with Gasteiger partial charge in [0.2, 0.25) is 0 Å². The zero-order chi connectivity index (χ0) is 46.3. The van der Waals surface area contributed by atoms with Crippen LogP contribution in [0.4, 0.5) is 0 Å². The first kappa shape index (κ1) is 61.1. The molecule has 0 saturated carbocycles. The molecule has 0 aromatic heterocycles. The van der Waals surface area contributed by atoms with Crippen molar-refractivity contribution in [1.82, 2.24) is 0 Å². The molecule has 0 amide bonds. The van der Waals surface area contributed by atoms with Crippen LogP contribution in [0.5, 0.6) is 0 Å². The van der Waals surface area contributed by atoms with Crippen LogP contribution in [0.15, 0.2) is 85.1 Å². The van der Waals surface area contributed by atoms with Crippen LogP contribution in [-0.2, 0) is 23.8 Å². The van der Waals surface area contributed by atoms with Gasteiger partial charge in [0.25, 0.3) is 0 Å². The van der Waals surface area contributed by atoms with Crippen LogP contribution in [0, 0.1) is 0 Å². The van der Waals surface area contributed by atoms with Gasteiger partial charge < -0.3 is 14.2 Å². The Balaban J connectivity index is 4.32. The van der Waals surface area contributed by atoms with E-state index in [1.807, 2.05) is 0 Å². The molecule has 0 heterocycles. The molecule has 0 fully saturated rings. The summed E-state index contributed by atoms with van der Waals surface area (Å²) in [4.78, 5) is 25.4. The van der Waals surface area contributed by atoms with Gasteiger partial charge in [0.1, 0.15) is 6.61 Å². The normalized spacial score (nSPS) is 12.9. The highest BCUT2D eigenvalue weighted by Gasteiger charge is 2.17. The van der Waals surface area contributed by atoms with Gasteiger partial charge in [0.05, 0.1) is 6.61 Å². The van der Waals surface area contributed by atoms with Gasteiger partial charge in [-0.15, -0.1) is 0 Å². The van der Waals surface area contributed by atoms with Gasteiger partial charge >= 0.3 is 11.9 Å². The van der Waals surface area contributed by atoms with Crippen LogP contribution < -0.4 is 0 Å². The Kier molecular flexibility index (Phi) is 51.9. The van der Waals surface area contributed by atoms with Crippen LogP contribution in [0.25, 0.3) is 0 Å². The Labute approximate surface area is 397 Å². The van der Waals surface area contributed by atoms with Gasteiger partial charge in [0, 0.05) is 19.4 Å². The number of esters is 2. The number of unbranched alkanes of at least 4 members (excludes halogenated alkanes) is 24. The number of hydrogen-bond donors (Lipinski definition) is 0. The Morgan fingerprint density at radius 3 is 1.17 bits per heavy atom. The third kappa shape index (κ3) is 51.7. The van der Waals surface area contributed by atoms with E-state index in [1.54, 1.807) is 0 Å². The van der Waals surface area contributed by atoms with Gasteiger partial charge in [0.15, 0.2) is 6.10 Å². The number of hydrogen-bond acceptors (Lipinski definition) is 5. The second-order valence-electron chi connectivity index (χ2n) is 17.7. The first-order valence-electron chi connectivity index (χ1n) is 27.1. The van der Waals surface area contributed by atoms with Crippen LogP contribution >= 0.6 is 0 Å². The summed E-state index contributed by atoms with van der Waals surface area (Å²) < 4.78 is 17.4. The molecule has 0 aliphatic carbocycles. The number of rotatable bonds is 49. The zero-order valence-corrected chi connectivity index (χ0v) is 42.3. The first-order valence-corrected chi connectivity index (χ1v) is 27.1. The molecule has 0 aromatic rings. The molecule has 368 valence electrons. The smallest absolute Gasteiger partial charge is 0.306 e. The Morgan fingerprint density at radius 1 is 0.359 bits per heavy atom. The van der Waals surface area contributed by atoms with E-state index in [2.05, 4.69) is 106 Å². The quantitative estimate of drug-likeness (QED) is 0.0346. The van der Waals surface area contributed by atoms with Crippen LogP contribution in [0.1, 0.15) is 252 Å². The zero-order valence-electron chi connectivity index (χ0n) is 42.3. The average molecular weight is 891 g/mol. The van der Waals surface area contributed by atoms with E-state index in [-0.39, 0.29) is 25.2 Å². The molecule has 5 heteroatoms. The lowest BCUT2D eigenvalue weighted by molar-refractivity contribution is -0.163. The monoisotopic (exact) mass is 891 g/mol. The summed E-state index contributed by atoms with van der Waals surface area (Å²) in [6.45, 7) is 7.60. The largest absolute Gasteiger partial charge is 0.462 e. The van der Waals surface area contributed by atoms with Crippen LogP contribution in [0.2, 0.25) is 0 Å². The fourth-order valence-electron chi connectivity index (χ4n) is 7.35. The lowest BCUT2D eigenvalue weighted by Gasteiger charge is -2.18. The predicted octanol–water partition coefficient (Wildman–Crippen LogP) is 18.5. The van der Waals surface area contributed by atoms with Crippen LogP contribution in [0.3, 0.4) is 0 Å². The SMILES string of the molecule is CC/C=C\C/C=C\C/C=C\C/C=C\CCCCCOCC(COC(=O)CCCCCCCCCCC/C=C\C/C=C\CCCCC)OC(=O)CCCCCCC/C=C\CCCCCC. The first-order chi connectivity index (χ1) is 31.6. The van der Waals surface area contributed by atoms with Crippen molar-refractivity contribution in [3.05, 3.63) is 85.1 Å². The fourth-order valence-corrected chi connectivity index (χ4v) is 7.35. The van der Waals surface area contributed by atoms with Crippen molar-refractivity contribution in [2.45, 2.75) is 258 Å². The molecule has 0 saturated heterocycles.